The summed E-state index contributed by atoms with van der Waals surface area (Å²) in [6.45, 7) is 6.27. The summed E-state index contributed by atoms with van der Waals surface area (Å²) in [4.78, 5) is 28.4. The van der Waals surface area contributed by atoms with Crippen LogP contribution in [0, 0.1) is 5.92 Å². The number of amides is 1. The Morgan fingerprint density at radius 2 is 1.86 bits per heavy atom. The van der Waals surface area contributed by atoms with Crippen molar-refractivity contribution in [1.82, 2.24) is 9.80 Å². The van der Waals surface area contributed by atoms with Gasteiger partial charge in [-0.1, -0.05) is 31.2 Å². The number of likely N-dealkylation sites (tertiary alicyclic amines) is 1. The lowest BCUT2D eigenvalue weighted by Gasteiger charge is -2.31. The van der Waals surface area contributed by atoms with Crippen LogP contribution in [0.1, 0.15) is 43.1 Å². The van der Waals surface area contributed by atoms with Gasteiger partial charge in [-0.05, 0) is 29.9 Å². The van der Waals surface area contributed by atoms with Crippen LogP contribution >= 0.6 is 0 Å². The smallest absolute Gasteiger partial charge is 0.227 e. The number of piperidine rings is 1. The minimum absolute atomic E-state index is 0.137. The van der Waals surface area contributed by atoms with E-state index in [1.54, 1.807) is 6.07 Å². The molecule has 0 radical (unpaired) electrons. The summed E-state index contributed by atoms with van der Waals surface area (Å²) in [5, 5.41) is 0. The molecule has 0 unspecified atom stereocenters. The van der Waals surface area contributed by atoms with Crippen molar-refractivity contribution in [2.75, 3.05) is 19.7 Å². The highest BCUT2D eigenvalue weighted by Gasteiger charge is 2.23. The highest BCUT2D eigenvalue weighted by atomic mass is 16.5. The van der Waals surface area contributed by atoms with Crippen LogP contribution in [0.3, 0.4) is 0 Å². The van der Waals surface area contributed by atoms with Crippen molar-refractivity contribution in [2.45, 2.75) is 45.8 Å². The zero-order valence-corrected chi connectivity index (χ0v) is 16.9. The van der Waals surface area contributed by atoms with Crippen LogP contribution in [0.5, 0.6) is 5.75 Å². The van der Waals surface area contributed by atoms with Crippen LogP contribution in [0.25, 0.3) is 0 Å². The molecule has 0 spiro atoms. The molecule has 0 bridgehead atoms. The Morgan fingerprint density at radius 1 is 1.17 bits per heavy atom. The maximum Gasteiger partial charge on any atom is 0.227 e. The predicted molar refractivity (Wildman–Crippen MR) is 109 cm³/mol. The molecular weight excluding hydrogens is 368 g/mol. The molecule has 2 aliphatic rings. The van der Waals surface area contributed by atoms with Crippen LogP contribution in [0.4, 0.5) is 0 Å². The Hall–Kier alpha value is -2.60. The average Bonchev–Trinajstić information content (AvgIpc) is 3.15. The van der Waals surface area contributed by atoms with E-state index in [-0.39, 0.29) is 17.1 Å². The topological polar surface area (TPSA) is 63.0 Å². The molecule has 0 N–H and O–H groups in total. The van der Waals surface area contributed by atoms with Gasteiger partial charge in [0, 0.05) is 38.7 Å². The van der Waals surface area contributed by atoms with Gasteiger partial charge in [0.05, 0.1) is 13.2 Å². The summed E-state index contributed by atoms with van der Waals surface area (Å²) in [5.74, 6) is 1.49. The van der Waals surface area contributed by atoms with Crippen LogP contribution in [0.15, 0.2) is 45.8 Å². The number of carbonyl (C=O) groups excluding carboxylic acids is 1. The molecule has 2 aliphatic heterocycles. The van der Waals surface area contributed by atoms with Gasteiger partial charge in [0.25, 0.3) is 0 Å². The number of hydrogen-bond donors (Lipinski definition) is 0. The second kappa shape index (κ2) is 8.82. The standard InChI is InChI=1S/C23H28N2O4/c1-2-23(27)25-9-7-17(8-10-25)15-29-22-16-28-20(11-21(22)26)14-24-12-18-5-3-4-6-19(18)13-24/h3-6,11,16-17H,2,7-10,12-15H2,1H3. The molecule has 3 heterocycles. The molecule has 1 aromatic carbocycles. The number of carbonyl (C=O) groups is 1. The predicted octanol–water partition coefficient (Wildman–Crippen LogP) is 3.18. The Balaban J connectivity index is 1.27. The first-order valence-corrected chi connectivity index (χ1v) is 10.4. The summed E-state index contributed by atoms with van der Waals surface area (Å²) in [6.07, 6.45) is 3.81. The molecular formula is C23H28N2O4. The lowest BCUT2D eigenvalue weighted by Crippen LogP contribution is -2.39. The SMILES string of the molecule is CCC(=O)N1CCC(COc2coc(CN3Cc4ccccc4C3)cc2=O)CC1. The largest absolute Gasteiger partial charge is 0.486 e. The van der Waals surface area contributed by atoms with Crippen molar-refractivity contribution in [3.05, 3.63) is 63.7 Å². The van der Waals surface area contributed by atoms with E-state index >= 15 is 0 Å². The first-order valence-electron chi connectivity index (χ1n) is 10.4. The lowest BCUT2D eigenvalue weighted by molar-refractivity contribution is -0.132. The first-order chi connectivity index (χ1) is 14.1. The molecule has 154 valence electrons. The molecule has 1 amide bonds. The monoisotopic (exact) mass is 396 g/mol. The Kier molecular flexibility index (Phi) is 6.00. The average molecular weight is 396 g/mol. The van der Waals surface area contributed by atoms with Crippen LogP contribution in [0.2, 0.25) is 0 Å². The number of fused-ring (bicyclic) bond motifs is 1. The van der Waals surface area contributed by atoms with Crippen molar-refractivity contribution in [3.63, 3.8) is 0 Å². The quantitative estimate of drug-likeness (QED) is 0.750. The van der Waals surface area contributed by atoms with Crippen molar-refractivity contribution >= 4 is 5.91 Å². The van der Waals surface area contributed by atoms with Gasteiger partial charge in [-0.15, -0.1) is 0 Å². The molecule has 6 nitrogen and oxygen atoms in total. The molecule has 29 heavy (non-hydrogen) atoms. The van der Waals surface area contributed by atoms with Gasteiger partial charge >= 0.3 is 0 Å². The molecule has 1 fully saturated rings. The Morgan fingerprint density at radius 3 is 2.48 bits per heavy atom. The van der Waals surface area contributed by atoms with E-state index in [1.807, 2.05) is 11.8 Å². The van der Waals surface area contributed by atoms with E-state index in [0.29, 0.717) is 31.3 Å². The fourth-order valence-corrected chi connectivity index (χ4v) is 4.14. The van der Waals surface area contributed by atoms with Crippen LogP contribution in [-0.4, -0.2) is 35.4 Å². The molecule has 4 rings (SSSR count). The van der Waals surface area contributed by atoms with Crippen molar-refractivity contribution in [1.29, 1.82) is 0 Å². The zero-order chi connectivity index (χ0) is 20.2. The number of nitrogens with zero attached hydrogens (tertiary/aromatic N) is 2. The number of hydrogen-bond acceptors (Lipinski definition) is 5. The third-order valence-corrected chi connectivity index (χ3v) is 5.88. The minimum Gasteiger partial charge on any atom is -0.486 e. The molecule has 1 aromatic heterocycles. The van der Waals surface area contributed by atoms with Crippen molar-refractivity contribution < 1.29 is 13.9 Å². The van der Waals surface area contributed by atoms with Gasteiger partial charge in [0.1, 0.15) is 12.0 Å². The van der Waals surface area contributed by atoms with Crippen LogP contribution < -0.4 is 10.2 Å². The Labute approximate surface area is 171 Å². The fourth-order valence-electron chi connectivity index (χ4n) is 4.14. The highest BCUT2D eigenvalue weighted by Crippen LogP contribution is 2.24. The zero-order valence-electron chi connectivity index (χ0n) is 16.9. The van der Waals surface area contributed by atoms with Gasteiger partial charge < -0.3 is 14.1 Å². The van der Waals surface area contributed by atoms with E-state index in [9.17, 15) is 9.59 Å². The second-order valence-corrected chi connectivity index (χ2v) is 7.98. The second-order valence-electron chi connectivity index (χ2n) is 7.98. The molecule has 0 saturated carbocycles. The summed E-state index contributed by atoms with van der Waals surface area (Å²) >= 11 is 0. The highest BCUT2D eigenvalue weighted by molar-refractivity contribution is 5.75. The molecule has 0 atom stereocenters. The Bertz CT molecular complexity index is 890. The van der Waals surface area contributed by atoms with E-state index in [4.69, 9.17) is 9.15 Å². The first kappa shape index (κ1) is 19.7. The summed E-state index contributed by atoms with van der Waals surface area (Å²) in [7, 11) is 0. The molecule has 6 heteroatoms. The normalized spacial score (nSPS) is 17.3. The van der Waals surface area contributed by atoms with Gasteiger partial charge in [0.2, 0.25) is 17.1 Å². The molecule has 1 saturated heterocycles. The van der Waals surface area contributed by atoms with E-state index < -0.39 is 0 Å². The summed E-state index contributed by atoms with van der Waals surface area (Å²) in [5.41, 5.74) is 2.53. The van der Waals surface area contributed by atoms with Gasteiger partial charge in [-0.2, -0.15) is 0 Å². The van der Waals surface area contributed by atoms with Crippen LogP contribution in [-0.2, 0) is 24.4 Å². The maximum atomic E-state index is 12.4. The number of benzene rings is 1. The third kappa shape index (κ3) is 4.70. The number of rotatable bonds is 6. The van der Waals surface area contributed by atoms with Crippen molar-refractivity contribution in [2.24, 2.45) is 5.92 Å². The minimum atomic E-state index is -0.137. The van der Waals surface area contributed by atoms with Gasteiger partial charge in [-0.25, -0.2) is 0 Å². The third-order valence-electron chi connectivity index (χ3n) is 5.88. The summed E-state index contributed by atoms with van der Waals surface area (Å²) in [6, 6.07) is 9.94. The van der Waals surface area contributed by atoms with Gasteiger partial charge in [-0.3, -0.25) is 14.5 Å². The number of ether oxygens (including phenoxy) is 1. The molecule has 2 aromatic rings. The lowest BCUT2D eigenvalue weighted by atomic mass is 9.97. The fraction of sp³-hybridized carbons (Fsp3) is 0.478. The van der Waals surface area contributed by atoms with Crippen molar-refractivity contribution in [3.8, 4) is 5.75 Å². The van der Waals surface area contributed by atoms with E-state index in [1.165, 1.54) is 17.4 Å². The van der Waals surface area contributed by atoms with Gasteiger partial charge in [0.15, 0.2) is 0 Å². The summed E-state index contributed by atoms with van der Waals surface area (Å²) < 4.78 is 11.4. The maximum absolute atomic E-state index is 12.4. The van der Waals surface area contributed by atoms with E-state index in [0.717, 1.165) is 39.0 Å². The molecule has 0 aliphatic carbocycles. The van der Waals surface area contributed by atoms with E-state index in [2.05, 4.69) is 29.2 Å².